The Balaban J connectivity index is 2.79. The number of nitrogens with one attached hydrogen (secondary N) is 1. The Kier molecular flexibility index (Phi) is 6.94. The number of nitrogens with two attached hydrogens (primary N) is 1. The average molecular weight is 315 g/mol. The molecule has 0 fully saturated rings. The predicted octanol–water partition coefficient (Wildman–Crippen LogP) is 1.29. The standard InChI is InChI=1S/C14H25N3O3S/c1-4-16-21(18,19)12-7-8-13(15)14(11-12)20-10-9-17(5-2)6-3/h7-8,11,16H,4-6,9-10,15H2,1-3H3. The van der Waals surface area contributed by atoms with Gasteiger partial charge in [0.05, 0.1) is 10.6 Å². The third-order valence-electron chi connectivity index (χ3n) is 3.19. The van der Waals surface area contributed by atoms with Crippen LogP contribution in [0, 0.1) is 0 Å². The maximum atomic E-state index is 12.0. The highest BCUT2D eigenvalue weighted by molar-refractivity contribution is 7.89. The van der Waals surface area contributed by atoms with Crippen LogP contribution < -0.4 is 15.2 Å². The molecule has 0 spiro atoms. The number of benzene rings is 1. The average Bonchev–Trinajstić information content (AvgIpc) is 2.45. The van der Waals surface area contributed by atoms with Gasteiger partial charge in [0.2, 0.25) is 10.0 Å². The van der Waals surface area contributed by atoms with Crippen LogP contribution in [-0.4, -0.2) is 46.1 Å². The molecule has 6 nitrogen and oxygen atoms in total. The van der Waals surface area contributed by atoms with Gasteiger partial charge in [0.1, 0.15) is 12.4 Å². The van der Waals surface area contributed by atoms with Gasteiger partial charge in [0.25, 0.3) is 0 Å². The summed E-state index contributed by atoms with van der Waals surface area (Å²) in [6, 6.07) is 4.50. The number of likely N-dealkylation sites (N-methyl/N-ethyl adjacent to an activating group) is 1. The summed E-state index contributed by atoms with van der Waals surface area (Å²) >= 11 is 0. The molecule has 0 aliphatic heterocycles. The number of hydrogen-bond acceptors (Lipinski definition) is 5. The minimum absolute atomic E-state index is 0.163. The van der Waals surface area contributed by atoms with Gasteiger partial charge in [0, 0.05) is 19.2 Å². The third kappa shape index (κ3) is 5.18. The second-order valence-corrected chi connectivity index (χ2v) is 6.34. The van der Waals surface area contributed by atoms with E-state index >= 15 is 0 Å². The number of nitrogens with zero attached hydrogens (tertiary/aromatic N) is 1. The number of nitrogen functional groups attached to an aromatic ring is 1. The molecule has 0 radical (unpaired) electrons. The maximum absolute atomic E-state index is 12.0. The second kappa shape index (κ2) is 8.21. The zero-order valence-electron chi connectivity index (χ0n) is 12.9. The van der Waals surface area contributed by atoms with Crippen LogP contribution in [0.25, 0.3) is 0 Å². The first-order valence-electron chi connectivity index (χ1n) is 7.18. The topological polar surface area (TPSA) is 84.7 Å². The highest BCUT2D eigenvalue weighted by atomic mass is 32.2. The van der Waals surface area contributed by atoms with Crippen LogP contribution >= 0.6 is 0 Å². The van der Waals surface area contributed by atoms with Gasteiger partial charge in [-0.3, -0.25) is 0 Å². The molecule has 3 N–H and O–H groups in total. The van der Waals surface area contributed by atoms with Crippen molar-refractivity contribution in [3.63, 3.8) is 0 Å². The summed E-state index contributed by atoms with van der Waals surface area (Å²) in [5.41, 5.74) is 6.27. The Morgan fingerprint density at radius 3 is 2.48 bits per heavy atom. The molecule has 0 atom stereocenters. The number of rotatable bonds is 9. The van der Waals surface area contributed by atoms with Gasteiger partial charge in [-0.2, -0.15) is 0 Å². The van der Waals surface area contributed by atoms with Gasteiger partial charge in [-0.05, 0) is 25.2 Å². The van der Waals surface area contributed by atoms with Crippen molar-refractivity contribution in [2.45, 2.75) is 25.7 Å². The Hall–Kier alpha value is -1.31. The van der Waals surface area contributed by atoms with Crippen LogP contribution in [0.5, 0.6) is 5.75 Å². The Bertz CT molecular complexity index is 542. The minimum atomic E-state index is -3.50. The number of ether oxygens (including phenoxy) is 1. The first-order chi connectivity index (χ1) is 9.94. The highest BCUT2D eigenvalue weighted by Crippen LogP contribution is 2.25. The molecule has 0 bridgehead atoms. The summed E-state index contributed by atoms with van der Waals surface area (Å²) in [5, 5.41) is 0. The molecule has 0 saturated carbocycles. The summed E-state index contributed by atoms with van der Waals surface area (Å²) in [7, 11) is -3.50. The van der Waals surface area contributed by atoms with E-state index in [9.17, 15) is 8.42 Å². The Labute approximate surface area is 127 Å². The highest BCUT2D eigenvalue weighted by Gasteiger charge is 2.15. The monoisotopic (exact) mass is 315 g/mol. The molecule has 1 aromatic rings. The van der Waals surface area contributed by atoms with Gasteiger partial charge in [0.15, 0.2) is 0 Å². The molecule has 120 valence electrons. The van der Waals surface area contributed by atoms with Gasteiger partial charge in [-0.1, -0.05) is 20.8 Å². The zero-order valence-corrected chi connectivity index (χ0v) is 13.7. The molecule has 0 saturated heterocycles. The fraction of sp³-hybridized carbons (Fsp3) is 0.571. The van der Waals surface area contributed by atoms with Crippen molar-refractivity contribution in [2.24, 2.45) is 0 Å². The predicted molar refractivity (Wildman–Crippen MR) is 85.0 cm³/mol. The lowest BCUT2D eigenvalue weighted by molar-refractivity contribution is 0.223. The van der Waals surface area contributed by atoms with E-state index in [4.69, 9.17) is 10.5 Å². The minimum Gasteiger partial charge on any atom is -0.490 e. The molecule has 1 rings (SSSR count). The van der Waals surface area contributed by atoms with E-state index < -0.39 is 10.0 Å². The van der Waals surface area contributed by atoms with Crippen LogP contribution in [0.1, 0.15) is 20.8 Å². The van der Waals surface area contributed by atoms with Crippen molar-refractivity contribution in [1.29, 1.82) is 0 Å². The van der Waals surface area contributed by atoms with Crippen molar-refractivity contribution in [3.05, 3.63) is 18.2 Å². The largest absolute Gasteiger partial charge is 0.490 e. The molecule has 0 heterocycles. The van der Waals surface area contributed by atoms with Gasteiger partial charge >= 0.3 is 0 Å². The Morgan fingerprint density at radius 1 is 1.24 bits per heavy atom. The van der Waals surface area contributed by atoms with Crippen molar-refractivity contribution in [1.82, 2.24) is 9.62 Å². The molecule has 0 aliphatic carbocycles. The van der Waals surface area contributed by atoms with E-state index in [1.165, 1.54) is 12.1 Å². The normalized spacial score (nSPS) is 11.8. The van der Waals surface area contributed by atoms with Crippen LogP contribution in [0.15, 0.2) is 23.1 Å². The smallest absolute Gasteiger partial charge is 0.240 e. The Morgan fingerprint density at radius 2 is 1.90 bits per heavy atom. The fourth-order valence-corrected chi connectivity index (χ4v) is 2.96. The molecular weight excluding hydrogens is 290 g/mol. The number of sulfonamides is 1. The van der Waals surface area contributed by atoms with E-state index in [2.05, 4.69) is 23.5 Å². The zero-order chi connectivity index (χ0) is 15.9. The van der Waals surface area contributed by atoms with E-state index in [1.54, 1.807) is 13.0 Å². The van der Waals surface area contributed by atoms with E-state index in [0.717, 1.165) is 19.6 Å². The van der Waals surface area contributed by atoms with Crippen molar-refractivity contribution in [3.8, 4) is 5.75 Å². The van der Waals surface area contributed by atoms with Crippen molar-refractivity contribution >= 4 is 15.7 Å². The van der Waals surface area contributed by atoms with Crippen LogP contribution in [-0.2, 0) is 10.0 Å². The lowest BCUT2D eigenvalue weighted by Crippen LogP contribution is -2.28. The summed E-state index contributed by atoms with van der Waals surface area (Å²) in [5.74, 6) is 0.404. The molecule has 1 aromatic carbocycles. The summed E-state index contributed by atoms with van der Waals surface area (Å²) in [6.07, 6.45) is 0. The molecule has 0 amide bonds. The van der Waals surface area contributed by atoms with E-state index in [-0.39, 0.29) is 4.90 Å². The first-order valence-corrected chi connectivity index (χ1v) is 8.67. The molecule has 7 heteroatoms. The lowest BCUT2D eigenvalue weighted by Gasteiger charge is -2.18. The van der Waals surface area contributed by atoms with Crippen molar-refractivity contribution < 1.29 is 13.2 Å². The summed E-state index contributed by atoms with van der Waals surface area (Å²) < 4.78 is 32.0. The van der Waals surface area contributed by atoms with E-state index in [0.29, 0.717) is 24.6 Å². The quantitative estimate of drug-likeness (QED) is 0.671. The summed E-state index contributed by atoms with van der Waals surface area (Å²) in [6.45, 7) is 9.38. The third-order valence-corrected chi connectivity index (χ3v) is 4.73. The lowest BCUT2D eigenvalue weighted by atomic mass is 10.3. The van der Waals surface area contributed by atoms with Crippen LogP contribution in [0.4, 0.5) is 5.69 Å². The van der Waals surface area contributed by atoms with Gasteiger partial charge in [-0.15, -0.1) is 0 Å². The second-order valence-electron chi connectivity index (χ2n) is 4.58. The first kappa shape index (κ1) is 17.7. The fourth-order valence-electron chi connectivity index (χ4n) is 1.90. The SMILES string of the molecule is CCNS(=O)(=O)c1ccc(N)c(OCCN(CC)CC)c1. The molecule has 0 aromatic heterocycles. The molecule has 0 unspecified atom stereocenters. The summed E-state index contributed by atoms with van der Waals surface area (Å²) in [4.78, 5) is 2.38. The van der Waals surface area contributed by atoms with Crippen LogP contribution in [0.3, 0.4) is 0 Å². The number of hydrogen-bond donors (Lipinski definition) is 2. The van der Waals surface area contributed by atoms with Crippen molar-refractivity contribution in [2.75, 3.05) is 38.5 Å². The molecule has 21 heavy (non-hydrogen) atoms. The van der Waals surface area contributed by atoms with Gasteiger partial charge < -0.3 is 15.4 Å². The van der Waals surface area contributed by atoms with E-state index in [1.807, 2.05) is 0 Å². The number of anilines is 1. The molecular formula is C14H25N3O3S. The van der Waals surface area contributed by atoms with Gasteiger partial charge in [-0.25, -0.2) is 13.1 Å². The van der Waals surface area contributed by atoms with Crippen LogP contribution in [0.2, 0.25) is 0 Å². The molecule has 0 aliphatic rings. The maximum Gasteiger partial charge on any atom is 0.240 e.